The van der Waals surface area contributed by atoms with Crippen molar-refractivity contribution in [2.24, 2.45) is 0 Å². The number of amides is 1. The summed E-state index contributed by atoms with van der Waals surface area (Å²) < 4.78 is 0.966. The zero-order valence-electron chi connectivity index (χ0n) is 11.4. The molecule has 1 aliphatic rings. The molecule has 1 amide bonds. The molecule has 7 heteroatoms. The van der Waals surface area contributed by atoms with E-state index in [1.54, 1.807) is 30.3 Å². The Balaban J connectivity index is 2.15. The molecular weight excluding hydrogens is 430 g/mol. The molecule has 116 valence electrons. The van der Waals surface area contributed by atoms with Crippen LogP contribution < -0.4 is 5.32 Å². The van der Waals surface area contributed by atoms with E-state index in [1.165, 1.54) is 6.07 Å². The molecule has 0 fully saturated rings. The van der Waals surface area contributed by atoms with Crippen LogP contribution in [0.1, 0.15) is 21.5 Å². The summed E-state index contributed by atoms with van der Waals surface area (Å²) in [6, 6.07) is 8.06. The Bertz CT molecular complexity index is 867. The molecule has 0 aromatic heterocycles. The molecular formula is C16H9Br2NO4. The minimum absolute atomic E-state index is 0.0484. The van der Waals surface area contributed by atoms with E-state index in [2.05, 4.69) is 37.2 Å². The van der Waals surface area contributed by atoms with Gasteiger partial charge >= 0.3 is 5.97 Å². The van der Waals surface area contributed by atoms with E-state index in [9.17, 15) is 19.8 Å². The van der Waals surface area contributed by atoms with Gasteiger partial charge in [-0.15, -0.1) is 0 Å². The Morgan fingerprint density at radius 1 is 1.17 bits per heavy atom. The van der Waals surface area contributed by atoms with Gasteiger partial charge in [-0.1, -0.05) is 12.1 Å². The van der Waals surface area contributed by atoms with Crippen LogP contribution in [0.25, 0.3) is 11.6 Å². The summed E-state index contributed by atoms with van der Waals surface area (Å²) in [5.74, 6) is -1.40. The van der Waals surface area contributed by atoms with E-state index in [1.807, 2.05) is 0 Å². The molecule has 0 saturated carbocycles. The maximum atomic E-state index is 12.2. The molecule has 0 bridgehead atoms. The number of rotatable bonds is 2. The van der Waals surface area contributed by atoms with Crippen LogP contribution in [0.2, 0.25) is 0 Å². The highest BCUT2D eigenvalue weighted by Gasteiger charge is 2.28. The molecule has 1 aliphatic heterocycles. The molecule has 23 heavy (non-hydrogen) atoms. The van der Waals surface area contributed by atoms with Gasteiger partial charge in [0.25, 0.3) is 5.91 Å². The van der Waals surface area contributed by atoms with Crippen LogP contribution in [0.4, 0.5) is 5.69 Å². The SMILES string of the molecule is O=C1Nc2c(C(=O)O)cccc2/C1=C\c1cc(Br)c(O)c(Br)c1. The minimum atomic E-state index is -1.10. The third-order valence-corrected chi connectivity index (χ3v) is 4.63. The van der Waals surface area contributed by atoms with Gasteiger partial charge in [0.05, 0.1) is 20.2 Å². The summed E-state index contributed by atoms with van der Waals surface area (Å²) in [5.41, 5.74) is 1.93. The molecule has 0 saturated heterocycles. The van der Waals surface area contributed by atoms with Crippen molar-refractivity contribution >= 4 is 61.1 Å². The number of carboxylic acid groups (broad SMARTS) is 1. The average molecular weight is 439 g/mol. The lowest BCUT2D eigenvalue weighted by Gasteiger charge is -2.04. The number of benzene rings is 2. The number of hydrogen-bond donors (Lipinski definition) is 3. The van der Waals surface area contributed by atoms with Gasteiger partial charge in [0, 0.05) is 11.1 Å². The number of hydrogen-bond acceptors (Lipinski definition) is 3. The number of halogens is 2. The van der Waals surface area contributed by atoms with Gasteiger partial charge in [0.2, 0.25) is 0 Å². The van der Waals surface area contributed by atoms with Crippen molar-refractivity contribution in [2.75, 3.05) is 5.32 Å². The smallest absolute Gasteiger partial charge is 0.337 e. The number of nitrogens with one attached hydrogen (secondary N) is 1. The molecule has 0 aliphatic carbocycles. The van der Waals surface area contributed by atoms with Crippen molar-refractivity contribution in [3.8, 4) is 5.75 Å². The number of anilines is 1. The molecule has 3 N–H and O–H groups in total. The molecule has 0 atom stereocenters. The maximum absolute atomic E-state index is 12.2. The van der Waals surface area contributed by atoms with Crippen molar-refractivity contribution in [3.05, 3.63) is 56.0 Å². The van der Waals surface area contributed by atoms with Crippen LogP contribution in [0.3, 0.4) is 0 Å². The van der Waals surface area contributed by atoms with E-state index in [-0.39, 0.29) is 17.2 Å². The normalized spacial score (nSPS) is 14.7. The van der Waals surface area contributed by atoms with Gasteiger partial charge in [0.1, 0.15) is 5.75 Å². The fourth-order valence-corrected chi connectivity index (χ4v) is 3.59. The van der Waals surface area contributed by atoms with Gasteiger partial charge in [-0.2, -0.15) is 0 Å². The highest BCUT2D eigenvalue weighted by molar-refractivity contribution is 9.11. The first kappa shape index (κ1) is 15.8. The Kier molecular flexibility index (Phi) is 3.99. The highest BCUT2D eigenvalue weighted by Crippen LogP contribution is 2.38. The Hall–Kier alpha value is -2.12. The first-order chi connectivity index (χ1) is 10.9. The van der Waals surface area contributed by atoms with Gasteiger partial charge in [0.15, 0.2) is 0 Å². The molecule has 5 nitrogen and oxygen atoms in total. The largest absolute Gasteiger partial charge is 0.506 e. The standard InChI is InChI=1S/C16H9Br2NO4/c17-11-5-7(6-12(18)14(11)20)4-10-8-2-1-3-9(16(22)23)13(8)19-15(10)21/h1-6,20H,(H,19,21)(H,22,23)/b10-4+. The molecule has 1 heterocycles. The van der Waals surface area contributed by atoms with Gasteiger partial charge in [-0.3, -0.25) is 4.79 Å². The summed E-state index contributed by atoms with van der Waals surface area (Å²) in [6.45, 7) is 0. The van der Waals surface area contributed by atoms with Crippen molar-refractivity contribution in [3.63, 3.8) is 0 Å². The lowest BCUT2D eigenvalue weighted by atomic mass is 10.0. The number of aromatic hydroxyl groups is 1. The van der Waals surface area contributed by atoms with Gasteiger partial charge in [-0.25, -0.2) is 4.79 Å². The predicted octanol–water partition coefficient (Wildman–Crippen LogP) is 4.11. The Morgan fingerprint density at radius 3 is 2.43 bits per heavy atom. The topological polar surface area (TPSA) is 86.6 Å². The van der Waals surface area contributed by atoms with Crippen molar-refractivity contribution < 1.29 is 19.8 Å². The molecule has 0 spiro atoms. The Morgan fingerprint density at radius 2 is 1.83 bits per heavy atom. The van der Waals surface area contributed by atoms with E-state index in [0.29, 0.717) is 31.3 Å². The number of phenolic OH excluding ortho intramolecular Hbond substituents is 1. The number of carbonyl (C=O) groups excluding carboxylic acids is 1. The zero-order chi connectivity index (χ0) is 16.7. The van der Waals surface area contributed by atoms with Gasteiger partial charge in [-0.05, 0) is 61.7 Å². The lowest BCUT2D eigenvalue weighted by molar-refractivity contribution is -0.110. The number of aromatic carboxylic acids is 1. The summed E-state index contributed by atoms with van der Waals surface area (Å²) in [5, 5.41) is 21.5. The highest BCUT2D eigenvalue weighted by atomic mass is 79.9. The summed E-state index contributed by atoms with van der Waals surface area (Å²) in [4.78, 5) is 23.5. The second-order valence-corrected chi connectivity index (χ2v) is 6.59. The van der Waals surface area contributed by atoms with Crippen LogP contribution in [0, 0.1) is 0 Å². The van der Waals surface area contributed by atoms with E-state index in [4.69, 9.17) is 0 Å². The lowest BCUT2D eigenvalue weighted by Crippen LogP contribution is -2.06. The Labute approximate surface area is 147 Å². The van der Waals surface area contributed by atoms with Gasteiger partial charge < -0.3 is 15.5 Å². The minimum Gasteiger partial charge on any atom is -0.506 e. The average Bonchev–Trinajstić information content (AvgIpc) is 2.80. The van der Waals surface area contributed by atoms with E-state index < -0.39 is 5.97 Å². The van der Waals surface area contributed by atoms with Crippen LogP contribution in [0.15, 0.2) is 39.3 Å². The zero-order valence-corrected chi connectivity index (χ0v) is 14.6. The maximum Gasteiger partial charge on any atom is 0.337 e. The third-order valence-electron chi connectivity index (χ3n) is 3.42. The predicted molar refractivity (Wildman–Crippen MR) is 93.4 cm³/mol. The quantitative estimate of drug-likeness (QED) is 0.616. The second-order valence-electron chi connectivity index (χ2n) is 4.88. The summed E-state index contributed by atoms with van der Waals surface area (Å²) >= 11 is 6.47. The first-order valence-corrected chi connectivity index (χ1v) is 8.05. The molecule has 0 unspecified atom stereocenters. The third kappa shape index (κ3) is 2.77. The van der Waals surface area contributed by atoms with Crippen LogP contribution in [0.5, 0.6) is 5.75 Å². The first-order valence-electron chi connectivity index (χ1n) is 6.46. The van der Waals surface area contributed by atoms with Crippen LogP contribution in [-0.2, 0) is 4.79 Å². The van der Waals surface area contributed by atoms with E-state index >= 15 is 0 Å². The number of para-hydroxylation sites is 1. The fourth-order valence-electron chi connectivity index (χ4n) is 2.37. The number of carboxylic acids is 1. The summed E-state index contributed by atoms with van der Waals surface area (Å²) in [6.07, 6.45) is 1.64. The van der Waals surface area contributed by atoms with Crippen LogP contribution in [-0.4, -0.2) is 22.1 Å². The number of phenols is 1. The molecule has 2 aromatic rings. The number of carbonyl (C=O) groups is 2. The second kappa shape index (κ2) is 5.82. The fraction of sp³-hybridized carbons (Fsp3) is 0. The van der Waals surface area contributed by atoms with Crippen molar-refractivity contribution in [1.82, 2.24) is 0 Å². The molecule has 2 aromatic carbocycles. The summed E-state index contributed by atoms with van der Waals surface area (Å²) in [7, 11) is 0. The molecule has 0 radical (unpaired) electrons. The number of fused-ring (bicyclic) bond motifs is 1. The van der Waals surface area contributed by atoms with E-state index in [0.717, 1.165) is 0 Å². The molecule has 3 rings (SSSR count). The van der Waals surface area contributed by atoms with Crippen LogP contribution >= 0.6 is 31.9 Å². The monoisotopic (exact) mass is 437 g/mol. The van der Waals surface area contributed by atoms with Crippen molar-refractivity contribution in [2.45, 2.75) is 0 Å². The van der Waals surface area contributed by atoms with Crippen molar-refractivity contribution in [1.29, 1.82) is 0 Å².